The maximum Gasteiger partial charge on any atom is 0.271 e. The molecular formula is C22H23N7O2. The molecule has 2 atom stereocenters. The van der Waals surface area contributed by atoms with Crippen LogP contribution in [0.1, 0.15) is 29.8 Å². The van der Waals surface area contributed by atoms with E-state index in [1.165, 1.54) is 12.3 Å². The number of anilines is 3. The third kappa shape index (κ3) is 4.77. The Morgan fingerprint density at radius 1 is 1.16 bits per heavy atom. The second kappa shape index (κ2) is 8.78. The molecule has 1 unspecified atom stereocenters. The van der Waals surface area contributed by atoms with E-state index in [9.17, 15) is 9.59 Å². The summed E-state index contributed by atoms with van der Waals surface area (Å²) in [7, 11) is 0. The summed E-state index contributed by atoms with van der Waals surface area (Å²) in [6.45, 7) is 3.48. The number of nitrogens with zero attached hydrogens (tertiary/aromatic N) is 3. The third-order valence-electron chi connectivity index (χ3n) is 5.19. The summed E-state index contributed by atoms with van der Waals surface area (Å²) >= 11 is 0. The van der Waals surface area contributed by atoms with Gasteiger partial charge in [0.2, 0.25) is 5.91 Å². The first-order valence-electron chi connectivity index (χ1n) is 10.00. The van der Waals surface area contributed by atoms with Crippen molar-refractivity contribution >= 4 is 40.0 Å². The van der Waals surface area contributed by atoms with Crippen molar-refractivity contribution in [1.82, 2.24) is 20.3 Å². The van der Waals surface area contributed by atoms with E-state index in [-0.39, 0.29) is 29.5 Å². The third-order valence-corrected chi connectivity index (χ3v) is 5.19. The van der Waals surface area contributed by atoms with Crippen molar-refractivity contribution in [1.29, 1.82) is 0 Å². The Hall–Kier alpha value is -4.01. The first-order valence-corrected chi connectivity index (χ1v) is 10.00. The van der Waals surface area contributed by atoms with Crippen LogP contribution in [0.25, 0.3) is 10.9 Å². The molecule has 0 saturated heterocycles. The van der Waals surface area contributed by atoms with Crippen LogP contribution in [0.4, 0.5) is 17.3 Å². The van der Waals surface area contributed by atoms with Crippen LogP contribution < -0.4 is 21.7 Å². The zero-order valence-corrected chi connectivity index (χ0v) is 16.8. The van der Waals surface area contributed by atoms with E-state index < -0.39 is 5.91 Å². The minimum atomic E-state index is -0.669. The van der Waals surface area contributed by atoms with Gasteiger partial charge in [0.25, 0.3) is 5.91 Å². The monoisotopic (exact) mass is 417 g/mol. The van der Waals surface area contributed by atoms with Gasteiger partial charge in [0.1, 0.15) is 5.82 Å². The van der Waals surface area contributed by atoms with Gasteiger partial charge < -0.3 is 21.7 Å². The quantitative estimate of drug-likeness (QED) is 0.434. The number of amides is 2. The normalized spacial score (nSPS) is 17.8. The van der Waals surface area contributed by atoms with Crippen molar-refractivity contribution < 1.29 is 9.59 Å². The number of benzene rings is 1. The number of rotatable bonds is 7. The lowest BCUT2D eigenvalue weighted by Gasteiger charge is -2.16. The molecule has 158 valence electrons. The maximum atomic E-state index is 11.9. The van der Waals surface area contributed by atoms with Gasteiger partial charge in [-0.25, -0.2) is 9.97 Å². The van der Waals surface area contributed by atoms with Gasteiger partial charge in [-0.1, -0.05) is 12.6 Å². The highest BCUT2D eigenvalue weighted by molar-refractivity contribution is 5.96. The lowest BCUT2D eigenvalue weighted by molar-refractivity contribution is -0.117. The number of primary amides is 1. The molecule has 2 aromatic heterocycles. The summed E-state index contributed by atoms with van der Waals surface area (Å²) < 4.78 is 0. The summed E-state index contributed by atoms with van der Waals surface area (Å²) in [5, 5.41) is 10.3. The van der Waals surface area contributed by atoms with E-state index in [1.807, 2.05) is 30.3 Å². The van der Waals surface area contributed by atoms with E-state index in [2.05, 4.69) is 37.5 Å². The smallest absolute Gasteiger partial charge is 0.271 e. The number of carbonyl (C=O) groups excluding carboxylic acids is 2. The predicted molar refractivity (Wildman–Crippen MR) is 119 cm³/mol. The highest BCUT2D eigenvalue weighted by atomic mass is 16.2. The first kappa shape index (κ1) is 20.3. The van der Waals surface area contributed by atoms with E-state index >= 15 is 0 Å². The Balaban J connectivity index is 1.52. The molecule has 0 bridgehead atoms. The van der Waals surface area contributed by atoms with Crippen molar-refractivity contribution in [2.24, 2.45) is 5.73 Å². The van der Waals surface area contributed by atoms with Gasteiger partial charge in [-0.3, -0.25) is 14.6 Å². The van der Waals surface area contributed by atoms with Gasteiger partial charge in [0, 0.05) is 29.4 Å². The van der Waals surface area contributed by atoms with Crippen molar-refractivity contribution in [3.63, 3.8) is 0 Å². The second-order valence-corrected chi connectivity index (χ2v) is 7.42. The topological polar surface area (TPSA) is 135 Å². The highest BCUT2D eigenvalue weighted by Gasteiger charge is 2.26. The second-order valence-electron chi connectivity index (χ2n) is 7.42. The molecule has 31 heavy (non-hydrogen) atoms. The average molecular weight is 417 g/mol. The molecule has 1 aliphatic rings. The molecule has 5 N–H and O–H groups in total. The standard InChI is InChI=1S/C22H23N7O2/c1-2-19(30)27-16-6-5-15(11-16)26-18-12-25-20(21(23)31)22(29-18)28-14-7-8-17-13(10-14)4-3-9-24-17/h2-4,7-10,12,15-16H,1,5-6,11H2,(H2,23,31)(H,27,30)(H2,26,28,29)/t15-,16?/m1/s1. The molecule has 1 saturated carbocycles. The van der Waals surface area contributed by atoms with Crippen LogP contribution in [0.5, 0.6) is 0 Å². The molecule has 1 fully saturated rings. The minimum Gasteiger partial charge on any atom is -0.366 e. The number of aromatic nitrogens is 3. The molecule has 2 amide bonds. The van der Waals surface area contributed by atoms with Crippen LogP contribution in [-0.4, -0.2) is 38.8 Å². The van der Waals surface area contributed by atoms with Crippen LogP contribution in [0.3, 0.4) is 0 Å². The number of carbonyl (C=O) groups is 2. The fourth-order valence-electron chi connectivity index (χ4n) is 3.73. The molecule has 0 spiro atoms. The largest absolute Gasteiger partial charge is 0.366 e. The number of pyridine rings is 1. The van der Waals surface area contributed by atoms with E-state index in [4.69, 9.17) is 5.73 Å². The number of nitrogens with two attached hydrogens (primary N) is 1. The van der Waals surface area contributed by atoms with Gasteiger partial charge in [0.05, 0.1) is 11.7 Å². The Morgan fingerprint density at radius 3 is 2.81 bits per heavy atom. The first-order chi connectivity index (χ1) is 15.0. The van der Waals surface area contributed by atoms with Gasteiger partial charge in [-0.05, 0) is 49.6 Å². The van der Waals surface area contributed by atoms with E-state index in [0.717, 1.165) is 35.9 Å². The average Bonchev–Trinajstić information content (AvgIpc) is 3.20. The molecular weight excluding hydrogens is 394 g/mol. The van der Waals surface area contributed by atoms with E-state index in [0.29, 0.717) is 5.82 Å². The number of hydrogen-bond acceptors (Lipinski definition) is 7. The SMILES string of the molecule is C=CC(=O)NC1CC[C@@H](Nc2cnc(C(N)=O)c(Nc3ccc4ncccc4c3)n2)C1. The lowest BCUT2D eigenvalue weighted by atomic mass is 10.2. The molecule has 2 heterocycles. The Morgan fingerprint density at radius 2 is 2.00 bits per heavy atom. The van der Waals surface area contributed by atoms with Crippen LogP contribution >= 0.6 is 0 Å². The highest BCUT2D eigenvalue weighted by Crippen LogP contribution is 2.25. The summed E-state index contributed by atoms with van der Waals surface area (Å²) in [5.74, 6) is -0.0451. The fraction of sp³-hybridized carbons (Fsp3) is 0.227. The van der Waals surface area contributed by atoms with Crippen molar-refractivity contribution in [3.8, 4) is 0 Å². The van der Waals surface area contributed by atoms with Gasteiger partial charge in [-0.2, -0.15) is 0 Å². The maximum absolute atomic E-state index is 11.9. The summed E-state index contributed by atoms with van der Waals surface area (Å²) in [4.78, 5) is 36.4. The van der Waals surface area contributed by atoms with Gasteiger partial charge >= 0.3 is 0 Å². The predicted octanol–water partition coefficient (Wildman–Crippen LogP) is 2.50. The molecule has 1 aromatic carbocycles. The summed E-state index contributed by atoms with van der Waals surface area (Å²) in [6, 6.07) is 9.68. The van der Waals surface area contributed by atoms with Crippen LogP contribution in [-0.2, 0) is 4.79 Å². The molecule has 1 aliphatic carbocycles. The molecule has 4 rings (SSSR count). The molecule has 3 aromatic rings. The Kier molecular flexibility index (Phi) is 5.74. The van der Waals surface area contributed by atoms with Gasteiger partial charge in [0.15, 0.2) is 11.5 Å². The lowest BCUT2D eigenvalue weighted by Crippen LogP contribution is -2.32. The van der Waals surface area contributed by atoms with Crippen LogP contribution in [0, 0.1) is 0 Å². The van der Waals surface area contributed by atoms with Crippen molar-refractivity contribution in [3.05, 3.63) is 61.1 Å². The zero-order chi connectivity index (χ0) is 21.8. The molecule has 9 nitrogen and oxygen atoms in total. The van der Waals surface area contributed by atoms with Crippen LogP contribution in [0.2, 0.25) is 0 Å². The zero-order valence-electron chi connectivity index (χ0n) is 16.8. The Labute approximate surface area is 179 Å². The minimum absolute atomic E-state index is 0.0550. The number of nitrogens with one attached hydrogen (secondary N) is 3. The summed E-state index contributed by atoms with van der Waals surface area (Å²) in [6.07, 6.45) is 7.00. The van der Waals surface area contributed by atoms with E-state index in [1.54, 1.807) is 6.20 Å². The molecule has 0 aliphatic heterocycles. The van der Waals surface area contributed by atoms with Crippen molar-refractivity contribution in [2.45, 2.75) is 31.3 Å². The molecule has 9 heteroatoms. The van der Waals surface area contributed by atoms with Crippen molar-refractivity contribution in [2.75, 3.05) is 10.6 Å². The number of fused-ring (bicyclic) bond motifs is 1. The van der Waals surface area contributed by atoms with Gasteiger partial charge in [-0.15, -0.1) is 0 Å². The Bertz CT molecular complexity index is 1150. The fourth-order valence-corrected chi connectivity index (χ4v) is 3.73. The summed E-state index contributed by atoms with van der Waals surface area (Å²) in [5.41, 5.74) is 7.15. The molecule has 0 radical (unpaired) electrons. The van der Waals surface area contributed by atoms with Crippen LogP contribution in [0.15, 0.2) is 55.4 Å². The number of hydrogen-bond donors (Lipinski definition) is 4.